The number of anilines is 1. The average molecular weight is 323 g/mol. The van der Waals surface area contributed by atoms with E-state index in [4.69, 9.17) is 5.73 Å². The number of nitrogens with two attached hydrogens (primary N) is 1. The zero-order valence-electron chi connectivity index (χ0n) is 9.99. The molecule has 0 radical (unpaired) electrons. The van der Waals surface area contributed by atoms with E-state index >= 15 is 0 Å². The zero-order valence-corrected chi connectivity index (χ0v) is 11.6. The van der Waals surface area contributed by atoms with Crippen molar-refractivity contribution in [2.24, 2.45) is 0 Å². The molecular formula is C14H12BrFN2O. The first-order valence-electron chi connectivity index (χ1n) is 5.64. The standard InChI is InChI=1S/C14H12BrFN2O/c15-10-5-6-12(16)11(7-10)14(19)18-8-9-3-1-2-4-13(9)17/h1-7H,8,17H2,(H,18,19). The van der Waals surface area contributed by atoms with Gasteiger partial charge in [0, 0.05) is 16.7 Å². The van der Waals surface area contributed by atoms with E-state index in [9.17, 15) is 9.18 Å². The number of amides is 1. The third kappa shape index (κ3) is 3.32. The number of hydrogen-bond donors (Lipinski definition) is 2. The third-order valence-electron chi connectivity index (χ3n) is 2.67. The summed E-state index contributed by atoms with van der Waals surface area (Å²) in [7, 11) is 0. The number of nitrogens with one attached hydrogen (secondary N) is 1. The van der Waals surface area contributed by atoms with E-state index in [1.807, 2.05) is 18.2 Å². The van der Waals surface area contributed by atoms with Gasteiger partial charge < -0.3 is 11.1 Å². The molecule has 1 amide bonds. The van der Waals surface area contributed by atoms with Gasteiger partial charge in [-0.3, -0.25) is 4.79 Å². The molecule has 2 rings (SSSR count). The molecule has 0 aliphatic heterocycles. The quantitative estimate of drug-likeness (QED) is 0.853. The lowest BCUT2D eigenvalue weighted by molar-refractivity contribution is 0.0947. The van der Waals surface area contributed by atoms with Crippen LogP contribution in [-0.2, 0) is 6.54 Å². The largest absolute Gasteiger partial charge is 0.398 e. The van der Waals surface area contributed by atoms with Gasteiger partial charge in [0.15, 0.2) is 0 Å². The summed E-state index contributed by atoms with van der Waals surface area (Å²) >= 11 is 3.21. The van der Waals surface area contributed by atoms with Crippen molar-refractivity contribution in [2.75, 3.05) is 5.73 Å². The molecule has 0 atom stereocenters. The maximum atomic E-state index is 13.5. The number of nitrogen functional groups attached to an aromatic ring is 1. The summed E-state index contributed by atoms with van der Waals surface area (Å²) in [5.41, 5.74) is 7.16. The fourth-order valence-electron chi connectivity index (χ4n) is 1.64. The van der Waals surface area contributed by atoms with Crippen molar-refractivity contribution < 1.29 is 9.18 Å². The van der Waals surface area contributed by atoms with Crippen LogP contribution in [-0.4, -0.2) is 5.91 Å². The number of carbonyl (C=O) groups is 1. The van der Waals surface area contributed by atoms with Gasteiger partial charge in [-0.1, -0.05) is 34.1 Å². The third-order valence-corrected chi connectivity index (χ3v) is 3.16. The van der Waals surface area contributed by atoms with Crippen LogP contribution in [0.3, 0.4) is 0 Å². The molecule has 0 spiro atoms. The second-order valence-electron chi connectivity index (χ2n) is 4.01. The molecule has 0 unspecified atom stereocenters. The molecular weight excluding hydrogens is 311 g/mol. The number of rotatable bonds is 3. The zero-order chi connectivity index (χ0) is 13.8. The Labute approximate surface area is 118 Å². The van der Waals surface area contributed by atoms with Crippen molar-refractivity contribution in [3.05, 3.63) is 63.9 Å². The average Bonchev–Trinajstić information content (AvgIpc) is 2.40. The van der Waals surface area contributed by atoms with E-state index in [1.54, 1.807) is 12.1 Å². The maximum absolute atomic E-state index is 13.5. The lowest BCUT2D eigenvalue weighted by Crippen LogP contribution is -2.24. The van der Waals surface area contributed by atoms with Crippen molar-refractivity contribution in [2.45, 2.75) is 6.54 Å². The van der Waals surface area contributed by atoms with Gasteiger partial charge in [0.2, 0.25) is 0 Å². The van der Waals surface area contributed by atoms with E-state index in [2.05, 4.69) is 21.2 Å². The molecule has 0 aliphatic rings. The summed E-state index contributed by atoms with van der Waals surface area (Å²) in [6.45, 7) is 0.261. The highest BCUT2D eigenvalue weighted by Crippen LogP contribution is 2.16. The monoisotopic (exact) mass is 322 g/mol. The van der Waals surface area contributed by atoms with E-state index in [0.717, 1.165) is 5.56 Å². The second-order valence-corrected chi connectivity index (χ2v) is 4.92. The molecule has 2 aromatic rings. The van der Waals surface area contributed by atoms with Crippen LogP contribution in [0.4, 0.5) is 10.1 Å². The highest BCUT2D eigenvalue weighted by molar-refractivity contribution is 9.10. The fourth-order valence-corrected chi connectivity index (χ4v) is 2.00. The van der Waals surface area contributed by atoms with Crippen molar-refractivity contribution in [1.29, 1.82) is 0 Å². The molecule has 0 fully saturated rings. The lowest BCUT2D eigenvalue weighted by atomic mass is 10.1. The number of para-hydroxylation sites is 1. The summed E-state index contributed by atoms with van der Waals surface area (Å²) < 4.78 is 14.2. The Kier molecular flexibility index (Phi) is 4.16. The minimum absolute atomic E-state index is 0.00359. The first kappa shape index (κ1) is 13.5. The van der Waals surface area contributed by atoms with Gasteiger partial charge in [0.25, 0.3) is 5.91 Å². The van der Waals surface area contributed by atoms with Crippen LogP contribution >= 0.6 is 15.9 Å². The molecule has 19 heavy (non-hydrogen) atoms. The van der Waals surface area contributed by atoms with E-state index in [0.29, 0.717) is 10.2 Å². The summed E-state index contributed by atoms with van der Waals surface area (Å²) in [6, 6.07) is 11.4. The van der Waals surface area contributed by atoms with E-state index in [1.165, 1.54) is 12.1 Å². The Balaban J connectivity index is 2.10. The van der Waals surface area contributed by atoms with Gasteiger partial charge in [-0.2, -0.15) is 0 Å². The van der Waals surface area contributed by atoms with Crippen molar-refractivity contribution >= 4 is 27.5 Å². The number of halogens is 2. The van der Waals surface area contributed by atoms with Crippen LogP contribution in [0.15, 0.2) is 46.9 Å². The van der Waals surface area contributed by atoms with Crippen LogP contribution in [0, 0.1) is 5.82 Å². The van der Waals surface area contributed by atoms with E-state index in [-0.39, 0.29) is 12.1 Å². The predicted octanol–water partition coefficient (Wildman–Crippen LogP) is 3.10. The van der Waals surface area contributed by atoms with Gasteiger partial charge in [-0.15, -0.1) is 0 Å². The van der Waals surface area contributed by atoms with Crippen LogP contribution in [0.5, 0.6) is 0 Å². The van der Waals surface area contributed by atoms with Crippen LogP contribution in [0.25, 0.3) is 0 Å². The minimum atomic E-state index is -0.554. The number of hydrogen-bond acceptors (Lipinski definition) is 2. The van der Waals surface area contributed by atoms with Gasteiger partial charge in [0.05, 0.1) is 5.56 Å². The topological polar surface area (TPSA) is 55.1 Å². The Morgan fingerprint density at radius 1 is 1.26 bits per heavy atom. The first-order valence-corrected chi connectivity index (χ1v) is 6.44. The number of benzene rings is 2. The lowest BCUT2D eigenvalue weighted by Gasteiger charge is -2.08. The molecule has 0 heterocycles. The van der Waals surface area contributed by atoms with Crippen molar-refractivity contribution in [1.82, 2.24) is 5.32 Å². The normalized spacial score (nSPS) is 10.2. The highest BCUT2D eigenvalue weighted by atomic mass is 79.9. The van der Waals surface area contributed by atoms with Gasteiger partial charge in [-0.05, 0) is 29.8 Å². The molecule has 5 heteroatoms. The Morgan fingerprint density at radius 2 is 2.00 bits per heavy atom. The Bertz CT molecular complexity index is 616. The molecule has 2 aromatic carbocycles. The van der Waals surface area contributed by atoms with Crippen LogP contribution < -0.4 is 11.1 Å². The van der Waals surface area contributed by atoms with Crippen molar-refractivity contribution in [3.8, 4) is 0 Å². The minimum Gasteiger partial charge on any atom is -0.398 e. The smallest absolute Gasteiger partial charge is 0.254 e. The van der Waals surface area contributed by atoms with Gasteiger partial charge in [0.1, 0.15) is 5.82 Å². The fraction of sp³-hybridized carbons (Fsp3) is 0.0714. The van der Waals surface area contributed by atoms with Gasteiger partial charge in [-0.25, -0.2) is 4.39 Å². The molecule has 0 saturated heterocycles. The summed E-state index contributed by atoms with van der Waals surface area (Å²) in [4.78, 5) is 11.9. The van der Waals surface area contributed by atoms with Crippen LogP contribution in [0.1, 0.15) is 15.9 Å². The molecule has 3 N–H and O–H groups in total. The molecule has 98 valence electrons. The molecule has 0 aromatic heterocycles. The summed E-state index contributed by atoms with van der Waals surface area (Å²) in [6.07, 6.45) is 0. The molecule has 0 saturated carbocycles. The highest BCUT2D eigenvalue weighted by Gasteiger charge is 2.12. The predicted molar refractivity (Wildman–Crippen MR) is 76.1 cm³/mol. The summed E-state index contributed by atoms with van der Waals surface area (Å²) in [5, 5.41) is 2.64. The Hall–Kier alpha value is -1.88. The first-order chi connectivity index (χ1) is 9.08. The molecule has 0 bridgehead atoms. The summed E-state index contributed by atoms with van der Waals surface area (Å²) in [5.74, 6) is -1.02. The van der Waals surface area contributed by atoms with Crippen molar-refractivity contribution in [3.63, 3.8) is 0 Å². The van der Waals surface area contributed by atoms with Crippen LogP contribution in [0.2, 0.25) is 0 Å². The Morgan fingerprint density at radius 3 is 2.74 bits per heavy atom. The number of carbonyl (C=O) groups excluding carboxylic acids is 1. The second kappa shape index (κ2) is 5.84. The SMILES string of the molecule is Nc1ccccc1CNC(=O)c1cc(Br)ccc1F. The van der Waals surface area contributed by atoms with Gasteiger partial charge >= 0.3 is 0 Å². The maximum Gasteiger partial charge on any atom is 0.254 e. The molecule has 0 aliphatic carbocycles. The van der Waals surface area contributed by atoms with E-state index < -0.39 is 11.7 Å². The molecule has 3 nitrogen and oxygen atoms in total.